The van der Waals surface area contributed by atoms with Crippen LogP contribution in [-0.4, -0.2) is 34.6 Å². The van der Waals surface area contributed by atoms with Gasteiger partial charge < -0.3 is 10.2 Å². The van der Waals surface area contributed by atoms with Gasteiger partial charge in [-0.2, -0.15) is 0 Å². The molecule has 0 radical (unpaired) electrons. The lowest BCUT2D eigenvalue weighted by Crippen LogP contribution is -1.95. The Hall–Kier alpha value is -5.10. The average Bonchev–Trinajstić information content (AvgIpc) is 2.91. The van der Waals surface area contributed by atoms with Gasteiger partial charge in [0, 0.05) is 12.4 Å². The van der Waals surface area contributed by atoms with Gasteiger partial charge >= 0.3 is 11.9 Å². The van der Waals surface area contributed by atoms with Gasteiger partial charge in [0.15, 0.2) is 0 Å². The van der Waals surface area contributed by atoms with Crippen molar-refractivity contribution >= 4 is 47.9 Å². The van der Waals surface area contributed by atoms with E-state index in [9.17, 15) is 9.59 Å². The smallest absolute Gasteiger partial charge is 0.335 e. The Bertz CT molecular complexity index is 1320. The summed E-state index contributed by atoms with van der Waals surface area (Å²) in [5.41, 5.74) is 5.81. The Morgan fingerprint density at radius 2 is 0.778 bits per heavy atom. The molecule has 0 aromatic heterocycles. The number of nitrogens with zero attached hydrogens (tertiary/aromatic N) is 2. The minimum atomic E-state index is -0.950. The number of aromatic carboxylic acids is 2. The van der Waals surface area contributed by atoms with Crippen LogP contribution in [0.15, 0.2) is 107 Å². The largest absolute Gasteiger partial charge is 0.478 e. The standard InChI is InChI=1S/C30H22N2O4/c33-29(34)25-11-3-23(4-12-25)19-31-27-15-7-21(8-16-27)1-2-22-9-17-28(18-10-22)32-20-24-5-13-26(14-6-24)30(35)36/h1-20H,(H,33,34)(H,35,36). The van der Waals surface area contributed by atoms with E-state index in [1.165, 1.54) is 0 Å². The van der Waals surface area contributed by atoms with Crippen molar-refractivity contribution in [3.8, 4) is 0 Å². The van der Waals surface area contributed by atoms with Gasteiger partial charge in [-0.3, -0.25) is 9.98 Å². The summed E-state index contributed by atoms with van der Waals surface area (Å²) >= 11 is 0. The molecule has 6 heteroatoms. The zero-order valence-corrected chi connectivity index (χ0v) is 19.2. The molecule has 176 valence electrons. The highest BCUT2D eigenvalue weighted by molar-refractivity contribution is 5.90. The second kappa shape index (κ2) is 11.4. The highest BCUT2D eigenvalue weighted by atomic mass is 16.4. The molecule has 6 nitrogen and oxygen atoms in total. The lowest BCUT2D eigenvalue weighted by Gasteiger charge is -1.99. The van der Waals surface area contributed by atoms with Crippen LogP contribution >= 0.6 is 0 Å². The van der Waals surface area contributed by atoms with Crippen LogP contribution in [0.3, 0.4) is 0 Å². The topological polar surface area (TPSA) is 99.3 Å². The Morgan fingerprint density at radius 3 is 1.08 bits per heavy atom. The van der Waals surface area contributed by atoms with Crippen molar-refractivity contribution in [2.75, 3.05) is 0 Å². The maximum Gasteiger partial charge on any atom is 0.335 e. The molecule has 0 fully saturated rings. The first-order chi connectivity index (χ1) is 17.5. The van der Waals surface area contributed by atoms with E-state index in [2.05, 4.69) is 9.98 Å². The Labute approximate surface area is 208 Å². The summed E-state index contributed by atoms with van der Waals surface area (Å²) in [4.78, 5) is 30.7. The molecule has 0 saturated carbocycles. The van der Waals surface area contributed by atoms with Crippen LogP contribution in [0.25, 0.3) is 12.2 Å². The van der Waals surface area contributed by atoms with Crippen LogP contribution in [0.4, 0.5) is 11.4 Å². The summed E-state index contributed by atoms with van der Waals surface area (Å²) < 4.78 is 0. The van der Waals surface area contributed by atoms with Crippen molar-refractivity contribution in [1.82, 2.24) is 0 Å². The molecule has 0 bridgehead atoms. The van der Waals surface area contributed by atoms with Crippen molar-refractivity contribution < 1.29 is 19.8 Å². The first-order valence-electron chi connectivity index (χ1n) is 11.1. The molecule has 4 aromatic carbocycles. The van der Waals surface area contributed by atoms with E-state index in [4.69, 9.17) is 10.2 Å². The molecule has 0 atom stereocenters. The van der Waals surface area contributed by atoms with Crippen molar-refractivity contribution in [2.45, 2.75) is 0 Å². The lowest BCUT2D eigenvalue weighted by atomic mass is 10.1. The summed E-state index contributed by atoms with van der Waals surface area (Å²) in [5, 5.41) is 17.9. The SMILES string of the molecule is O=C(O)c1ccc(C=Nc2ccc(C=Cc3ccc(N=Cc4ccc(C(=O)O)cc4)cc3)cc2)cc1. The maximum atomic E-state index is 10.9. The second-order valence-corrected chi connectivity index (χ2v) is 7.89. The lowest BCUT2D eigenvalue weighted by molar-refractivity contribution is 0.0686. The second-order valence-electron chi connectivity index (χ2n) is 7.89. The van der Waals surface area contributed by atoms with Gasteiger partial charge in [-0.05, 0) is 70.8 Å². The molecule has 0 aliphatic rings. The van der Waals surface area contributed by atoms with E-state index in [0.29, 0.717) is 0 Å². The molecule has 0 heterocycles. The zero-order valence-electron chi connectivity index (χ0n) is 19.2. The highest BCUT2D eigenvalue weighted by Crippen LogP contribution is 2.18. The minimum Gasteiger partial charge on any atom is -0.478 e. The number of carboxylic acid groups (broad SMARTS) is 2. The molecule has 0 aliphatic carbocycles. The van der Waals surface area contributed by atoms with E-state index in [0.717, 1.165) is 33.6 Å². The van der Waals surface area contributed by atoms with Crippen LogP contribution in [0, 0.1) is 0 Å². The number of carboxylic acids is 2. The van der Waals surface area contributed by atoms with Crippen LogP contribution in [0.5, 0.6) is 0 Å². The van der Waals surface area contributed by atoms with Crippen molar-refractivity contribution in [3.05, 3.63) is 130 Å². The Kier molecular flexibility index (Phi) is 7.58. The first-order valence-corrected chi connectivity index (χ1v) is 11.1. The van der Waals surface area contributed by atoms with Crippen molar-refractivity contribution in [2.24, 2.45) is 9.98 Å². The number of benzene rings is 4. The molecule has 4 rings (SSSR count). The summed E-state index contributed by atoms with van der Waals surface area (Å²) in [6.07, 6.45) is 7.43. The fraction of sp³-hybridized carbons (Fsp3) is 0. The molecular formula is C30H22N2O4. The molecule has 0 spiro atoms. The van der Waals surface area contributed by atoms with Crippen LogP contribution in [0.1, 0.15) is 43.0 Å². The van der Waals surface area contributed by atoms with Crippen molar-refractivity contribution in [3.63, 3.8) is 0 Å². The van der Waals surface area contributed by atoms with E-state index in [-0.39, 0.29) is 11.1 Å². The average molecular weight is 475 g/mol. The summed E-state index contributed by atoms with van der Waals surface area (Å²) in [6.45, 7) is 0. The molecule has 0 aliphatic heterocycles. The number of hydrogen-bond donors (Lipinski definition) is 2. The van der Waals surface area contributed by atoms with Crippen LogP contribution in [-0.2, 0) is 0 Å². The third-order valence-corrected chi connectivity index (χ3v) is 5.30. The van der Waals surface area contributed by atoms with Gasteiger partial charge in [-0.25, -0.2) is 9.59 Å². The van der Waals surface area contributed by atoms with Gasteiger partial charge in [0.2, 0.25) is 0 Å². The summed E-state index contributed by atoms with van der Waals surface area (Å²) in [5.74, 6) is -1.90. The summed E-state index contributed by atoms with van der Waals surface area (Å²) in [7, 11) is 0. The van der Waals surface area contributed by atoms with E-state index < -0.39 is 11.9 Å². The minimum absolute atomic E-state index is 0.246. The molecule has 0 unspecified atom stereocenters. The molecule has 36 heavy (non-hydrogen) atoms. The quantitative estimate of drug-likeness (QED) is 0.218. The van der Waals surface area contributed by atoms with E-state index >= 15 is 0 Å². The number of carbonyl (C=O) groups is 2. The van der Waals surface area contributed by atoms with E-state index in [1.807, 2.05) is 60.7 Å². The van der Waals surface area contributed by atoms with E-state index in [1.54, 1.807) is 61.0 Å². The predicted octanol–water partition coefficient (Wildman–Crippen LogP) is 6.75. The number of aliphatic imine (C=N–C) groups is 2. The van der Waals surface area contributed by atoms with Gasteiger partial charge in [-0.1, -0.05) is 60.7 Å². The Balaban J connectivity index is 1.33. The van der Waals surface area contributed by atoms with Crippen molar-refractivity contribution in [1.29, 1.82) is 0 Å². The van der Waals surface area contributed by atoms with Gasteiger partial charge in [0.05, 0.1) is 22.5 Å². The Morgan fingerprint density at radius 1 is 0.472 bits per heavy atom. The van der Waals surface area contributed by atoms with Crippen LogP contribution in [0.2, 0.25) is 0 Å². The fourth-order valence-electron chi connectivity index (χ4n) is 3.26. The maximum absolute atomic E-state index is 10.9. The first kappa shape index (κ1) is 24.0. The summed E-state index contributed by atoms with van der Waals surface area (Å²) in [6, 6.07) is 28.7. The fourth-order valence-corrected chi connectivity index (χ4v) is 3.26. The third kappa shape index (κ3) is 6.71. The number of rotatable bonds is 8. The normalized spacial score (nSPS) is 11.4. The number of hydrogen-bond acceptors (Lipinski definition) is 4. The third-order valence-electron chi connectivity index (χ3n) is 5.30. The molecule has 0 amide bonds. The van der Waals surface area contributed by atoms with Gasteiger partial charge in [0.1, 0.15) is 0 Å². The molecule has 4 aromatic rings. The van der Waals surface area contributed by atoms with Gasteiger partial charge in [-0.15, -0.1) is 0 Å². The molecule has 2 N–H and O–H groups in total. The van der Waals surface area contributed by atoms with Gasteiger partial charge in [0.25, 0.3) is 0 Å². The monoisotopic (exact) mass is 474 g/mol. The highest BCUT2D eigenvalue weighted by Gasteiger charge is 2.01. The molecular weight excluding hydrogens is 452 g/mol. The predicted molar refractivity (Wildman–Crippen MR) is 143 cm³/mol. The molecule has 0 saturated heterocycles. The zero-order chi connectivity index (χ0) is 25.3. The van der Waals surface area contributed by atoms with Crippen LogP contribution < -0.4 is 0 Å².